The predicted octanol–water partition coefficient (Wildman–Crippen LogP) is 9.73. The molecular formula is C37H62O4. The minimum Gasteiger partial charge on any atom is -0.482 e. The second-order valence-corrected chi connectivity index (χ2v) is 14.8. The van der Waals surface area contributed by atoms with Crippen LogP contribution >= 0.6 is 0 Å². The van der Waals surface area contributed by atoms with Crippen LogP contribution in [-0.2, 0) is 9.53 Å². The Labute approximate surface area is 252 Å². The van der Waals surface area contributed by atoms with Crippen molar-refractivity contribution in [3.05, 3.63) is 29.8 Å². The molecule has 0 bridgehead atoms. The molecule has 0 aliphatic heterocycles. The molecule has 1 N–H and O–H groups in total. The predicted molar refractivity (Wildman–Crippen MR) is 170 cm³/mol. The number of benzene rings is 1. The van der Waals surface area contributed by atoms with E-state index in [-0.39, 0.29) is 34.9 Å². The molecule has 6 atom stereocenters. The number of aliphatic hydroxyl groups is 1. The topological polar surface area (TPSA) is 55.8 Å². The molecule has 4 nitrogen and oxygen atoms in total. The fourth-order valence-corrected chi connectivity index (χ4v) is 9.80. The van der Waals surface area contributed by atoms with Crippen LogP contribution < -0.4 is 4.74 Å². The molecule has 234 valence electrons. The first kappa shape index (κ1) is 33.9. The minimum absolute atomic E-state index is 0.0799. The molecule has 0 aromatic heterocycles. The number of esters is 1. The number of ether oxygens (including phenoxy) is 2. The van der Waals surface area contributed by atoms with Crippen molar-refractivity contribution in [3.63, 3.8) is 0 Å². The Bertz CT molecular complexity index is 968. The van der Waals surface area contributed by atoms with E-state index in [2.05, 4.69) is 72.7 Å². The summed E-state index contributed by atoms with van der Waals surface area (Å²) in [7, 11) is 0. The molecule has 0 saturated heterocycles. The van der Waals surface area contributed by atoms with Gasteiger partial charge in [0, 0.05) is 0 Å². The fraction of sp³-hybridized carbons (Fsp3) is 0.811. The van der Waals surface area contributed by atoms with Gasteiger partial charge in [0.15, 0.2) is 6.61 Å². The largest absolute Gasteiger partial charge is 0.482 e. The summed E-state index contributed by atoms with van der Waals surface area (Å²) in [6, 6.07) is 8.71. The molecule has 0 radical (unpaired) electrons. The van der Waals surface area contributed by atoms with E-state index in [1.165, 1.54) is 44.1 Å². The van der Waals surface area contributed by atoms with Crippen molar-refractivity contribution in [2.24, 2.45) is 34.0 Å². The van der Waals surface area contributed by atoms with Crippen molar-refractivity contribution in [2.75, 3.05) is 6.61 Å². The Morgan fingerprint density at radius 2 is 1.51 bits per heavy atom. The number of hydrogen-bond donors (Lipinski definition) is 1. The maximum atomic E-state index is 12.3. The first-order valence-electron chi connectivity index (χ1n) is 16.9. The summed E-state index contributed by atoms with van der Waals surface area (Å²) in [6.45, 7) is 22.8. The number of hydrogen-bond acceptors (Lipinski definition) is 4. The summed E-state index contributed by atoms with van der Waals surface area (Å²) in [4.78, 5) is 12.3. The van der Waals surface area contributed by atoms with Crippen molar-refractivity contribution in [3.8, 4) is 5.75 Å². The third-order valence-corrected chi connectivity index (χ3v) is 12.2. The van der Waals surface area contributed by atoms with Gasteiger partial charge in [-0.05, 0) is 130 Å². The molecule has 2 fully saturated rings. The van der Waals surface area contributed by atoms with Gasteiger partial charge in [-0.15, -0.1) is 0 Å². The van der Waals surface area contributed by atoms with Crippen LogP contribution in [0.1, 0.15) is 145 Å². The van der Waals surface area contributed by atoms with Crippen LogP contribution in [0.5, 0.6) is 5.75 Å². The van der Waals surface area contributed by atoms with Crippen LogP contribution in [0.15, 0.2) is 24.3 Å². The highest BCUT2D eigenvalue weighted by molar-refractivity contribution is 5.71. The third-order valence-electron chi connectivity index (χ3n) is 12.2. The van der Waals surface area contributed by atoms with Gasteiger partial charge in [0.2, 0.25) is 0 Å². The number of aliphatic hydroxyl groups excluding tert-OH is 1. The zero-order chi connectivity index (χ0) is 30.6. The van der Waals surface area contributed by atoms with Crippen LogP contribution in [0.4, 0.5) is 0 Å². The van der Waals surface area contributed by atoms with Gasteiger partial charge in [-0.2, -0.15) is 0 Å². The number of carbonyl (C=O) groups excluding carboxylic acids is 1. The van der Waals surface area contributed by atoms with Gasteiger partial charge in [0.1, 0.15) is 11.4 Å². The normalized spacial score (nSPS) is 28.1. The molecule has 2 saturated carbocycles. The van der Waals surface area contributed by atoms with Gasteiger partial charge in [0.05, 0.1) is 6.10 Å². The summed E-state index contributed by atoms with van der Waals surface area (Å²) in [6.07, 6.45) is 11.3. The van der Waals surface area contributed by atoms with E-state index in [0.717, 1.165) is 31.6 Å². The quantitative estimate of drug-likeness (QED) is 0.254. The second kappa shape index (κ2) is 13.4. The lowest BCUT2D eigenvalue weighted by molar-refractivity contribution is -0.157. The fourth-order valence-electron chi connectivity index (χ4n) is 9.80. The van der Waals surface area contributed by atoms with Crippen LogP contribution in [-0.4, -0.2) is 29.4 Å². The first-order valence-corrected chi connectivity index (χ1v) is 16.9. The molecule has 6 unspecified atom stereocenters. The maximum absolute atomic E-state index is 12.3. The minimum atomic E-state index is -0.519. The number of fused-ring (bicyclic) bond motifs is 1. The monoisotopic (exact) mass is 570 g/mol. The molecule has 41 heavy (non-hydrogen) atoms. The van der Waals surface area contributed by atoms with Crippen LogP contribution in [0, 0.1) is 34.0 Å². The van der Waals surface area contributed by atoms with Gasteiger partial charge in [0.25, 0.3) is 0 Å². The Balaban J connectivity index is 2.04. The maximum Gasteiger partial charge on any atom is 0.344 e. The Hall–Kier alpha value is -1.55. The van der Waals surface area contributed by atoms with Crippen molar-refractivity contribution in [2.45, 2.75) is 151 Å². The molecule has 3 rings (SSSR count). The van der Waals surface area contributed by atoms with Crippen LogP contribution in [0.25, 0.3) is 0 Å². The SMILES string of the molecule is CCC(C)(CC)C(c1ccc(OCC(=O)OC(C)(C)C)cc1)C(CC)(CC)C1(CC)CC2CCC(O)CCC2C1C. The molecular weight excluding hydrogens is 508 g/mol. The van der Waals surface area contributed by atoms with E-state index in [9.17, 15) is 9.90 Å². The Morgan fingerprint density at radius 1 is 0.927 bits per heavy atom. The van der Waals surface area contributed by atoms with Crippen LogP contribution in [0.3, 0.4) is 0 Å². The summed E-state index contributed by atoms with van der Waals surface area (Å²) < 4.78 is 11.3. The van der Waals surface area contributed by atoms with E-state index in [0.29, 0.717) is 23.5 Å². The second-order valence-electron chi connectivity index (χ2n) is 14.8. The summed E-state index contributed by atoms with van der Waals surface area (Å²) in [5.41, 5.74) is 1.47. The molecule has 0 heterocycles. The highest BCUT2D eigenvalue weighted by Gasteiger charge is 2.63. The van der Waals surface area contributed by atoms with Crippen molar-refractivity contribution in [1.82, 2.24) is 0 Å². The van der Waals surface area contributed by atoms with E-state index in [1.54, 1.807) is 0 Å². The number of rotatable bonds is 12. The molecule has 4 heteroatoms. The molecule has 2 aliphatic rings. The van der Waals surface area contributed by atoms with Gasteiger partial charge >= 0.3 is 5.97 Å². The lowest BCUT2D eigenvalue weighted by atomic mass is 9.44. The van der Waals surface area contributed by atoms with Gasteiger partial charge in [-0.25, -0.2) is 4.79 Å². The van der Waals surface area contributed by atoms with Gasteiger partial charge in [-0.3, -0.25) is 0 Å². The highest BCUT2D eigenvalue weighted by Crippen LogP contribution is 2.71. The standard InChI is InChI=1S/C37H62O4/c1-11-35(10,12-2)33(27-17-21-30(22-18-27)40-25-32(39)41-34(7,8)9)36(13-3,14-4)37(15-5)24-28-16-19-29(38)20-23-31(28)26(37)6/h17-18,21-22,26,28-29,31,33,38H,11-16,19-20,23-25H2,1-10H3. The summed E-state index contributed by atoms with van der Waals surface area (Å²) in [5, 5.41) is 10.5. The van der Waals surface area contributed by atoms with Crippen molar-refractivity contribution in [1.29, 1.82) is 0 Å². The smallest absolute Gasteiger partial charge is 0.344 e. The zero-order valence-corrected chi connectivity index (χ0v) is 28.1. The average molecular weight is 571 g/mol. The van der Waals surface area contributed by atoms with E-state index < -0.39 is 5.60 Å². The van der Waals surface area contributed by atoms with Crippen molar-refractivity contribution >= 4 is 5.97 Å². The third kappa shape index (κ3) is 6.68. The molecule has 2 aliphatic carbocycles. The zero-order valence-electron chi connectivity index (χ0n) is 28.1. The molecule has 1 aromatic rings. The van der Waals surface area contributed by atoms with E-state index >= 15 is 0 Å². The Kier molecular flexibility index (Phi) is 11.1. The summed E-state index contributed by atoms with van der Waals surface area (Å²) >= 11 is 0. The summed E-state index contributed by atoms with van der Waals surface area (Å²) in [5.74, 6) is 2.85. The molecule has 1 aromatic carbocycles. The van der Waals surface area contributed by atoms with E-state index in [4.69, 9.17) is 9.47 Å². The van der Waals surface area contributed by atoms with Gasteiger partial charge in [-0.1, -0.05) is 73.4 Å². The lowest BCUT2D eigenvalue weighted by Crippen LogP contribution is -2.52. The first-order chi connectivity index (χ1) is 19.3. The van der Waals surface area contributed by atoms with Crippen LogP contribution in [0.2, 0.25) is 0 Å². The van der Waals surface area contributed by atoms with Crippen molar-refractivity contribution < 1.29 is 19.4 Å². The molecule has 0 amide bonds. The van der Waals surface area contributed by atoms with Gasteiger partial charge < -0.3 is 14.6 Å². The Morgan fingerprint density at radius 3 is 2.02 bits per heavy atom. The molecule has 0 spiro atoms. The van der Waals surface area contributed by atoms with E-state index in [1.807, 2.05) is 20.8 Å². The highest BCUT2D eigenvalue weighted by atomic mass is 16.6. The number of carbonyl (C=O) groups is 1. The average Bonchev–Trinajstić information content (AvgIpc) is 3.09. The lowest BCUT2D eigenvalue weighted by Gasteiger charge is -2.60.